The Bertz CT molecular complexity index is 1390. The number of carbonyl (C=O) groups is 2. The highest BCUT2D eigenvalue weighted by Crippen LogP contribution is 2.45. The van der Waals surface area contributed by atoms with Crippen LogP contribution in [0, 0.1) is 0 Å². The van der Waals surface area contributed by atoms with Crippen molar-refractivity contribution < 1.29 is 24.2 Å². The van der Waals surface area contributed by atoms with Gasteiger partial charge in [0.05, 0.1) is 36.0 Å². The lowest BCUT2D eigenvalue weighted by Gasteiger charge is -2.28. The van der Waals surface area contributed by atoms with Crippen LogP contribution in [-0.2, 0) is 15.0 Å². The molecule has 1 aliphatic heterocycles. The second-order valence-electron chi connectivity index (χ2n) is 10.2. The van der Waals surface area contributed by atoms with Gasteiger partial charge >= 0.3 is 0 Å². The van der Waals surface area contributed by atoms with Gasteiger partial charge in [0.2, 0.25) is 0 Å². The largest absolute Gasteiger partial charge is 0.507 e. The Balaban J connectivity index is 1.94. The number of ether oxygens (including phenoxy) is 2. The Hall–Kier alpha value is -3.77. The Morgan fingerprint density at radius 2 is 1.68 bits per heavy atom. The van der Waals surface area contributed by atoms with Gasteiger partial charge in [-0.2, -0.15) is 0 Å². The van der Waals surface area contributed by atoms with Crippen LogP contribution in [0.5, 0.6) is 11.5 Å². The number of Topliss-reactive ketones (excluding diaryl/α,β-unsaturated/α-hetero) is 1. The van der Waals surface area contributed by atoms with Crippen molar-refractivity contribution >= 4 is 34.7 Å². The molecule has 1 amide bonds. The number of amides is 1. The van der Waals surface area contributed by atoms with Crippen molar-refractivity contribution in [3.63, 3.8) is 0 Å². The summed E-state index contributed by atoms with van der Waals surface area (Å²) in [6.07, 6.45) is 0.781. The van der Waals surface area contributed by atoms with Crippen LogP contribution in [0.1, 0.15) is 56.8 Å². The van der Waals surface area contributed by atoms with Crippen molar-refractivity contribution in [1.82, 2.24) is 0 Å². The third-order valence-corrected chi connectivity index (χ3v) is 6.84. The Morgan fingerprint density at radius 1 is 1.00 bits per heavy atom. The summed E-state index contributed by atoms with van der Waals surface area (Å²) in [5.41, 5.74) is 2.45. The molecule has 4 rings (SSSR count). The Labute approximate surface area is 228 Å². The maximum atomic E-state index is 13.6. The van der Waals surface area contributed by atoms with Crippen LogP contribution < -0.4 is 14.4 Å². The maximum Gasteiger partial charge on any atom is 0.300 e. The number of carbonyl (C=O) groups excluding carboxylic acids is 2. The van der Waals surface area contributed by atoms with E-state index in [1.807, 2.05) is 37.3 Å². The minimum absolute atomic E-state index is 0.0231. The first kappa shape index (κ1) is 27.3. The summed E-state index contributed by atoms with van der Waals surface area (Å²) < 4.78 is 11.2. The molecule has 3 aromatic rings. The quantitative estimate of drug-likeness (QED) is 0.200. The molecule has 1 saturated heterocycles. The molecule has 1 unspecified atom stereocenters. The lowest BCUT2D eigenvalue weighted by molar-refractivity contribution is -0.132. The lowest BCUT2D eigenvalue weighted by Crippen LogP contribution is -2.30. The summed E-state index contributed by atoms with van der Waals surface area (Å²) in [6.45, 7) is 8.79. The van der Waals surface area contributed by atoms with Crippen LogP contribution in [0.2, 0.25) is 5.02 Å². The number of hydrogen-bond donors (Lipinski definition) is 1. The van der Waals surface area contributed by atoms with Gasteiger partial charge in [-0.25, -0.2) is 0 Å². The molecule has 1 atom stereocenters. The molecule has 198 valence electrons. The van der Waals surface area contributed by atoms with Crippen molar-refractivity contribution in [2.75, 3.05) is 18.6 Å². The highest BCUT2D eigenvalue weighted by molar-refractivity contribution is 6.52. The van der Waals surface area contributed by atoms with Crippen molar-refractivity contribution in [2.24, 2.45) is 0 Å². The second-order valence-corrected chi connectivity index (χ2v) is 10.6. The number of methoxy groups -OCH3 is 1. The number of para-hydroxylation sites is 2. The fourth-order valence-electron chi connectivity index (χ4n) is 4.52. The summed E-state index contributed by atoms with van der Waals surface area (Å²) in [5.74, 6) is -0.930. The summed E-state index contributed by atoms with van der Waals surface area (Å²) >= 11 is 6.32. The van der Waals surface area contributed by atoms with E-state index in [1.54, 1.807) is 30.3 Å². The van der Waals surface area contributed by atoms with Crippen LogP contribution in [-0.4, -0.2) is 30.5 Å². The molecule has 3 aromatic carbocycles. The van der Waals surface area contributed by atoms with E-state index in [1.165, 1.54) is 18.1 Å². The minimum atomic E-state index is -0.878. The predicted molar refractivity (Wildman–Crippen MR) is 150 cm³/mol. The molecule has 1 aliphatic rings. The summed E-state index contributed by atoms with van der Waals surface area (Å²) in [6, 6.07) is 18.7. The monoisotopic (exact) mass is 533 g/mol. The molecule has 1 fully saturated rings. The van der Waals surface area contributed by atoms with Crippen molar-refractivity contribution in [1.29, 1.82) is 0 Å². The normalized spacial score (nSPS) is 17.1. The molecule has 7 heteroatoms. The number of aliphatic hydroxyl groups is 1. The molecule has 1 heterocycles. The van der Waals surface area contributed by atoms with Gasteiger partial charge in [-0.1, -0.05) is 75.7 Å². The number of rotatable bonds is 7. The Kier molecular flexibility index (Phi) is 7.83. The predicted octanol–water partition coefficient (Wildman–Crippen LogP) is 7.06. The topological polar surface area (TPSA) is 76.1 Å². The number of ketones is 1. The second kappa shape index (κ2) is 10.9. The van der Waals surface area contributed by atoms with Crippen LogP contribution >= 0.6 is 11.6 Å². The number of halogens is 1. The van der Waals surface area contributed by atoms with Crippen LogP contribution in [0.15, 0.2) is 72.3 Å². The molecule has 0 bridgehead atoms. The average molecular weight is 534 g/mol. The number of anilines is 1. The maximum absolute atomic E-state index is 13.6. The fraction of sp³-hybridized carbons (Fsp3) is 0.290. The van der Waals surface area contributed by atoms with Crippen LogP contribution in [0.25, 0.3) is 5.76 Å². The SMILES string of the molecule is CCCOc1ccccc1N1C(=O)C(=O)/C(=C(\O)c2ccc(OC)c(Cl)c2)C1c1ccc(C(C)(C)C)cc1. The van der Waals surface area contributed by atoms with Gasteiger partial charge in [-0.05, 0) is 53.3 Å². The smallest absolute Gasteiger partial charge is 0.300 e. The number of hydrogen-bond acceptors (Lipinski definition) is 5. The van der Waals surface area contributed by atoms with E-state index in [9.17, 15) is 14.7 Å². The fourth-order valence-corrected chi connectivity index (χ4v) is 4.78. The van der Waals surface area contributed by atoms with Crippen LogP contribution in [0.3, 0.4) is 0 Å². The lowest BCUT2D eigenvalue weighted by atomic mass is 9.85. The minimum Gasteiger partial charge on any atom is -0.507 e. The molecule has 0 radical (unpaired) electrons. The van der Waals surface area contributed by atoms with E-state index in [-0.39, 0.29) is 21.8 Å². The van der Waals surface area contributed by atoms with Gasteiger partial charge in [0.25, 0.3) is 11.7 Å². The number of aliphatic hydroxyl groups excluding tert-OH is 1. The van der Waals surface area contributed by atoms with Gasteiger partial charge in [0, 0.05) is 5.56 Å². The van der Waals surface area contributed by atoms with Crippen molar-refractivity contribution in [3.8, 4) is 11.5 Å². The van der Waals surface area contributed by atoms with Gasteiger partial charge in [0.15, 0.2) is 0 Å². The van der Waals surface area contributed by atoms with E-state index in [0.717, 1.165) is 12.0 Å². The van der Waals surface area contributed by atoms with E-state index in [4.69, 9.17) is 21.1 Å². The van der Waals surface area contributed by atoms with Crippen molar-refractivity contribution in [2.45, 2.75) is 45.6 Å². The van der Waals surface area contributed by atoms with E-state index >= 15 is 0 Å². The van der Waals surface area contributed by atoms with Gasteiger partial charge in [0.1, 0.15) is 17.3 Å². The third-order valence-electron chi connectivity index (χ3n) is 6.55. The molecular weight excluding hydrogens is 502 g/mol. The zero-order valence-electron chi connectivity index (χ0n) is 22.2. The van der Waals surface area contributed by atoms with E-state index in [0.29, 0.717) is 34.9 Å². The molecule has 0 aromatic heterocycles. The van der Waals surface area contributed by atoms with Crippen LogP contribution in [0.4, 0.5) is 5.69 Å². The van der Waals surface area contributed by atoms with E-state index in [2.05, 4.69) is 20.8 Å². The molecule has 1 N–H and O–H groups in total. The number of nitrogens with zero attached hydrogens (tertiary/aromatic N) is 1. The van der Waals surface area contributed by atoms with Gasteiger partial charge < -0.3 is 14.6 Å². The molecular formula is C31H32ClNO5. The standard InChI is InChI=1S/C31H32ClNO5/c1-6-17-38-25-10-8-7-9-23(25)33-27(19-11-14-21(15-12-19)31(2,3)4)26(29(35)30(33)36)28(34)20-13-16-24(37-5)22(32)18-20/h7-16,18,27,34H,6,17H2,1-5H3/b28-26-. The number of benzene rings is 3. The average Bonchev–Trinajstić information content (AvgIpc) is 3.16. The highest BCUT2D eigenvalue weighted by atomic mass is 35.5. The van der Waals surface area contributed by atoms with E-state index < -0.39 is 17.7 Å². The molecule has 0 aliphatic carbocycles. The first-order chi connectivity index (χ1) is 18.1. The molecule has 6 nitrogen and oxygen atoms in total. The summed E-state index contributed by atoms with van der Waals surface area (Å²) in [7, 11) is 1.49. The zero-order chi connectivity index (χ0) is 27.6. The third kappa shape index (κ3) is 5.14. The molecule has 0 spiro atoms. The summed E-state index contributed by atoms with van der Waals surface area (Å²) in [4.78, 5) is 28.5. The zero-order valence-corrected chi connectivity index (χ0v) is 23.0. The first-order valence-corrected chi connectivity index (χ1v) is 12.9. The Morgan fingerprint density at radius 3 is 2.29 bits per heavy atom. The molecule has 0 saturated carbocycles. The summed E-state index contributed by atoms with van der Waals surface area (Å²) in [5, 5.41) is 11.7. The molecule has 38 heavy (non-hydrogen) atoms. The van der Waals surface area contributed by atoms with Crippen molar-refractivity contribution in [3.05, 3.63) is 94.0 Å². The van der Waals surface area contributed by atoms with Gasteiger partial charge in [-0.15, -0.1) is 0 Å². The highest BCUT2D eigenvalue weighted by Gasteiger charge is 2.47. The van der Waals surface area contributed by atoms with Gasteiger partial charge in [-0.3, -0.25) is 14.5 Å². The first-order valence-electron chi connectivity index (χ1n) is 12.6.